The molecule has 2 aliphatic heterocycles. The molecular weight excluding hydrogens is 941 g/mol. The molecule has 0 unspecified atom stereocenters. The molecule has 2 fully saturated rings. The van der Waals surface area contributed by atoms with E-state index in [0.717, 1.165) is 23.5 Å². The summed E-state index contributed by atoms with van der Waals surface area (Å²) in [7, 11) is 0. The number of benzene rings is 2. The molecule has 0 saturated carbocycles. The van der Waals surface area contributed by atoms with Gasteiger partial charge in [-0.05, 0) is 60.6 Å². The number of amides is 2. The van der Waals surface area contributed by atoms with Gasteiger partial charge in [0.1, 0.15) is 57.6 Å². The Kier molecular flexibility index (Phi) is 11.7. The zero-order valence-electron chi connectivity index (χ0n) is 33.7. The van der Waals surface area contributed by atoms with Crippen molar-refractivity contribution in [2.24, 2.45) is 9.98 Å². The average Bonchev–Trinajstić information content (AvgIpc) is 4.19. The fraction of sp³-hybridized carbons (Fsp3) is 0.156. The van der Waals surface area contributed by atoms with E-state index in [-0.39, 0.29) is 57.6 Å². The Hall–Kier alpha value is -6.88. The number of aliphatic imine (C=N–C) groups is 2. The molecule has 0 bridgehead atoms. The van der Waals surface area contributed by atoms with E-state index in [1.165, 1.54) is 55.1 Å². The summed E-state index contributed by atoms with van der Waals surface area (Å²) in [5.74, 6) is -2.67. The summed E-state index contributed by atoms with van der Waals surface area (Å²) >= 11 is 6.93. The smallest absolute Gasteiger partial charge is 0.333 e. The first-order chi connectivity index (χ1) is 31.6. The first kappa shape index (κ1) is 43.4. The van der Waals surface area contributed by atoms with E-state index in [9.17, 15) is 30.6 Å². The molecule has 6 heterocycles. The number of carbonyl (C=O) groups is 4. The highest BCUT2D eigenvalue weighted by Gasteiger charge is 2.62. The van der Waals surface area contributed by atoms with Crippen LogP contribution in [0.1, 0.15) is 36.1 Å². The second kappa shape index (κ2) is 17.6. The van der Waals surface area contributed by atoms with Crippen molar-refractivity contribution in [1.29, 1.82) is 21.0 Å². The number of ether oxygens (including phenoxy) is 2. The number of nitriles is 4. The molecule has 0 spiro atoms. The van der Waals surface area contributed by atoms with E-state index < -0.39 is 29.2 Å². The molecule has 3 aliphatic rings. The van der Waals surface area contributed by atoms with E-state index >= 15 is 9.59 Å². The maximum atomic E-state index is 15.3. The molecule has 65 heavy (non-hydrogen) atoms. The van der Waals surface area contributed by atoms with Crippen LogP contribution < -0.4 is 0 Å². The molecule has 0 radical (unpaired) electrons. The van der Waals surface area contributed by atoms with Gasteiger partial charge in [0, 0.05) is 33.6 Å². The Morgan fingerprint density at radius 1 is 0.615 bits per heavy atom. The lowest BCUT2D eigenvalue weighted by Crippen LogP contribution is -2.45. The van der Waals surface area contributed by atoms with Crippen LogP contribution in [0.15, 0.2) is 104 Å². The number of thiophene rings is 4. The van der Waals surface area contributed by atoms with Crippen LogP contribution in [-0.2, 0) is 47.3 Å². The van der Waals surface area contributed by atoms with Crippen molar-refractivity contribution in [1.82, 2.24) is 9.80 Å². The standard InChI is InChI=1S/C45H26N8O6S6/c1-3-52-39(54)37(64-41(52)25(17-46)18-47)50-29-15-27-33(62-29)31-35(60-27)36-32(34-28(61-36)16-30(63-34)51-38-40(55)53(4-2)42(65-38)26(19-48)20-49)45(31,43(56)58-21-23-11-7-5-8-12-23)44(57)59-22-24-13-9-6-10-14-24/h5-16H,3-4,21-22H2,1-2H3/b50-37-,51-38-. The first-order valence-electron chi connectivity index (χ1n) is 19.4. The monoisotopic (exact) mass is 966 g/mol. The Morgan fingerprint density at radius 3 is 1.35 bits per heavy atom. The largest absolute Gasteiger partial charge is 0.459 e. The average molecular weight is 967 g/mol. The molecule has 2 saturated heterocycles. The molecule has 318 valence electrons. The molecule has 6 aromatic rings. The number of allylic oxidation sites excluding steroid dienone is 2. The van der Waals surface area contributed by atoms with Gasteiger partial charge in [0.05, 0.1) is 19.2 Å². The SMILES string of the molecule is CCN1C(=O)/C(=N/c2cc3sc4c(c3s2)C(C(=O)OCc2ccccc2)(C(=O)OCc2ccccc2)c2c-4sc3cc(/N=C4\SC(=C(C#N)C#N)N(CC)C4=O)sc23)SC1=C(C#N)C#N. The van der Waals surface area contributed by atoms with Crippen LogP contribution in [0, 0.1) is 45.3 Å². The molecule has 2 aromatic carbocycles. The quantitative estimate of drug-likeness (QED) is 0.0713. The Balaban J connectivity index is 1.22. The number of carbonyl (C=O) groups excluding carboxylic acids is 4. The third-order valence-corrected chi connectivity index (χ3v) is 17.3. The minimum absolute atomic E-state index is 0.0554. The second-order valence-corrected chi connectivity index (χ2v) is 20.1. The van der Waals surface area contributed by atoms with Crippen LogP contribution >= 0.6 is 68.9 Å². The predicted molar refractivity (Wildman–Crippen MR) is 252 cm³/mol. The third-order valence-electron chi connectivity index (χ3n) is 10.4. The molecule has 0 atom stereocenters. The molecule has 14 nitrogen and oxygen atoms in total. The Bertz CT molecular complexity index is 3090. The normalized spacial score (nSPS) is 16.2. The number of fused-ring (bicyclic) bond motifs is 7. The fourth-order valence-corrected chi connectivity index (χ4v) is 15.0. The zero-order chi connectivity index (χ0) is 45.6. The van der Waals surface area contributed by atoms with Crippen molar-refractivity contribution in [2.45, 2.75) is 32.5 Å². The lowest BCUT2D eigenvalue weighted by Gasteiger charge is -2.27. The second-order valence-electron chi connectivity index (χ2n) is 14.0. The number of rotatable bonds is 10. The van der Waals surface area contributed by atoms with Gasteiger partial charge in [-0.15, -0.1) is 45.3 Å². The highest BCUT2D eigenvalue weighted by Crippen LogP contribution is 2.64. The highest BCUT2D eigenvalue weighted by molar-refractivity contribution is 8.20. The molecule has 9 rings (SSSR count). The Morgan fingerprint density at radius 2 is 1.00 bits per heavy atom. The topological polar surface area (TPSA) is 213 Å². The number of hydrogen-bond donors (Lipinski definition) is 0. The van der Waals surface area contributed by atoms with Gasteiger partial charge >= 0.3 is 11.9 Å². The minimum Gasteiger partial charge on any atom is -0.459 e. The zero-order valence-corrected chi connectivity index (χ0v) is 38.6. The molecule has 20 heteroatoms. The van der Waals surface area contributed by atoms with Crippen molar-refractivity contribution >= 4 is 132 Å². The highest BCUT2D eigenvalue weighted by atomic mass is 32.2. The van der Waals surface area contributed by atoms with Gasteiger partial charge in [0.25, 0.3) is 11.8 Å². The third kappa shape index (κ3) is 7.21. The summed E-state index contributed by atoms with van der Waals surface area (Å²) in [6.07, 6.45) is 0. The maximum absolute atomic E-state index is 15.3. The van der Waals surface area contributed by atoms with E-state index in [2.05, 4.69) is 0 Å². The number of esters is 2. The maximum Gasteiger partial charge on any atom is 0.333 e. The van der Waals surface area contributed by atoms with Gasteiger partial charge in [-0.2, -0.15) is 21.0 Å². The lowest BCUT2D eigenvalue weighted by molar-refractivity contribution is -0.164. The summed E-state index contributed by atoms with van der Waals surface area (Å²) < 4.78 is 14.8. The molecular formula is C45H26N8O6S6. The van der Waals surface area contributed by atoms with Crippen molar-refractivity contribution in [3.63, 3.8) is 0 Å². The van der Waals surface area contributed by atoms with Crippen molar-refractivity contribution in [2.75, 3.05) is 13.1 Å². The van der Waals surface area contributed by atoms with E-state index in [0.29, 0.717) is 60.8 Å². The van der Waals surface area contributed by atoms with Gasteiger partial charge in [-0.3, -0.25) is 29.0 Å². The van der Waals surface area contributed by atoms with Crippen LogP contribution in [0.5, 0.6) is 0 Å². The van der Waals surface area contributed by atoms with Gasteiger partial charge in [0.2, 0.25) is 5.41 Å². The van der Waals surface area contributed by atoms with Gasteiger partial charge in [-0.1, -0.05) is 60.7 Å². The van der Waals surface area contributed by atoms with E-state index in [1.54, 1.807) is 50.2 Å². The first-order valence-corrected chi connectivity index (χ1v) is 24.3. The van der Waals surface area contributed by atoms with Gasteiger partial charge in [-0.25, -0.2) is 9.98 Å². The summed E-state index contributed by atoms with van der Waals surface area (Å²) in [6.45, 7) is 3.57. The van der Waals surface area contributed by atoms with Crippen LogP contribution in [0.3, 0.4) is 0 Å². The lowest BCUT2D eigenvalue weighted by atomic mass is 9.79. The van der Waals surface area contributed by atoms with Crippen LogP contribution in [0.25, 0.3) is 28.6 Å². The predicted octanol–water partition coefficient (Wildman–Crippen LogP) is 9.76. The molecule has 2 amide bonds. The summed E-state index contributed by atoms with van der Waals surface area (Å²) in [6, 6.07) is 29.1. The Labute approximate surface area is 394 Å². The van der Waals surface area contributed by atoms with Crippen LogP contribution in [-0.4, -0.2) is 56.7 Å². The van der Waals surface area contributed by atoms with E-state index in [1.807, 2.05) is 60.7 Å². The van der Waals surface area contributed by atoms with Gasteiger partial charge in [0.15, 0.2) is 21.2 Å². The minimum atomic E-state index is -2.17. The van der Waals surface area contributed by atoms with Gasteiger partial charge < -0.3 is 9.47 Å². The van der Waals surface area contributed by atoms with Crippen molar-refractivity contribution in [3.8, 4) is 34.0 Å². The summed E-state index contributed by atoms with van der Waals surface area (Å²) in [5.41, 5.74) is -0.481. The van der Waals surface area contributed by atoms with Crippen molar-refractivity contribution in [3.05, 3.63) is 116 Å². The summed E-state index contributed by atoms with van der Waals surface area (Å²) in [4.78, 5) is 71.0. The summed E-state index contributed by atoms with van der Waals surface area (Å²) in [5, 5.41) is 39.6. The van der Waals surface area contributed by atoms with Crippen LogP contribution in [0.4, 0.5) is 10.0 Å². The van der Waals surface area contributed by atoms with Crippen LogP contribution in [0.2, 0.25) is 0 Å². The fourth-order valence-electron chi connectivity index (χ4n) is 7.47. The number of hydrogen-bond acceptors (Lipinski definition) is 18. The molecule has 4 aromatic heterocycles. The number of nitrogens with zero attached hydrogens (tertiary/aromatic N) is 8. The van der Waals surface area contributed by atoms with Crippen molar-refractivity contribution < 1.29 is 28.7 Å². The molecule has 0 N–H and O–H groups in total. The number of thioether (sulfide) groups is 2. The molecule has 1 aliphatic carbocycles. The van der Waals surface area contributed by atoms with E-state index in [4.69, 9.17) is 19.5 Å².